The molecule has 3 aliphatic rings. The second kappa shape index (κ2) is 5.24. The number of thiophene rings is 1. The third-order valence-corrected chi connectivity index (χ3v) is 5.58. The Morgan fingerprint density at radius 1 is 1.43 bits per heavy atom. The second-order valence-corrected chi connectivity index (χ2v) is 6.80. The minimum Gasteiger partial charge on any atom is -0.477 e. The van der Waals surface area contributed by atoms with Crippen LogP contribution < -0.4 is 4.90 Å². The molecule has 1 aromatic rings. The molecule has 0 bridgehead atoms. The van der Waals surface area contributed by atoms with Crippen LogP contribution in [-0.4, -0.2) is 64.3 Å². The van der Waals surface area contributed by atoms with Crippen LogP contribution in [0.1, 0.15) is 22.5 Å². The fourth-order valence-electron chi connectivity index (χ4n) is 3.80. The van der Waals surface area contributed by atoms with Gasteiger partial charge in [0.15, 0.2) is 0 Å². The Hall–Kier alpha value is -2.06. The first-order valence-electron chi connectivity index (χ1n) is 7.62. The van der Waals surface area contributed by atoms with Gasteiger partial charge in [0.2, 0.25) is 0 Å². The van der Waals surface area contributed by atoms with Crippen LogP contribution in [0.25, 0.3) is 0 Å². The van der Waals surface area contributed by atoms with Gasteiger partial charge in [-0.1, -0.05) is 0 Å². The molecule has 3 aliphatic heterocycles. The van der Waals surface area contributed by atoms with E-state index in [0.29, 0.717) is 23.8 Å². The van der Waals surface area contributed by atoms with E-state index in [1.54, 1.807) is 9.80 Å². The number of aliphatic hydroxyl groups excluding tert-OH is 1. The predicted molar refractivity (Wildman–Crippen MR) is 84.2 cm³/mol. The first kappa shape index (κ1) is 14.5. The largest absolute Gasteiger partial charge is 0.477 e. The van der Waals surface area contributed by atoms with Gasteiger partial charge in [0, 0.05) is 13.1 Å². The molecule has 122 valence electrons. The van der Waals surface area contributed by atoms with Gasteiger partial charge in [-0.25, -0.2) is 4.79 Å². The van der Waals surface area contributed by atoms with Gasteiger partial charge in [-0.2, -0.15) is 0 Å². The topological polar surface area (TPSA) is 84.3 Å². The zero-order chi connectivity index (χ0) is 16.1. The number of rotatable bonds is 3. The lowest BCUT2D eigenvalue weighted by molar-refractivity contribution is -0.134. The molecule has 1 saturated heterocycles. The maximum atomic E-state index is 12.8. The number of β-amino-alcohol motifs (C(OH)–C–C–N with tert-alkyl or cyclic N) is 1. The van der Waals surface area contributed by atoms with Gasteiger partial charge < -0.3 is 24.9 Å². The van der Waals surface area contributed by atoms with Crippen molar-refractivity contribution in [3.63, 3.8) is 0 Å². The third kappa shape index (κ3) is 1.98. The Bertz CT molecular complexity index is 713. The summed E-state index contributed by atoms with van der Waals surface area (Å²) in [4.78, 5) is 30.7. The van der Waals surface area contributed by atoms with Crippen LogP contribution in [0.5, 0.6) is 0 Å². The Kier molecular flexibility index (Phi) is 3.31. The number of amides is 1. The summed E-state index contributed by atoms with van der Waals surface area (Å²) >= 11 is 1.40. The number of nitrogens with zero attached hydrogens (tertiary/aromatic N) is 3. The number of hydrogen-bond acceptors (Lipinski definition) is 6. The van der Waals surface area contributed by atoms with E-state index in [1.807, 2.05) is 16.3 Å². The standard InChI is InChI=1S/C15H17N3O4S/c19-6-5-16-8-18-10-3-7-23-13(10)14(20)17-4-1-2-9(17)11(18)12(16)15(21)22/h3,7,9,19H,1-2,4-6,8H2,(H,21,22)/t9-/m0/s1. The molecule has 1 fully saturated rings. The van der Waals surface area contributed by atoms with Crippen LogP contribution in [0.15, 0.2) is 22.8 Å². The molecule has 1 atom stereocenters. The predicted octanol–water partition coefficient (Wildman–Crippen LogP) is 0.734. The highest BCUT2D eigenvalue weighted by atomic mass is 32.1. The summed E-state index contributed by atoms with van der Waals surface area (Å²) < 4.78 is 0. The number of anilines is 1. The van der Waals surface area contributed by atoms with Crippen LogP contribution in [0.3, 0.4) is 0 Å². The smallest absolute Gasteiger partial charge is 0.354 e. The van der Waals surface area contributed by atoms with E-state index in [1.165, 1.54) is 11.3 Å². The van der Waals surface area contributed by atoms with E-state index in [-0.39, 0.29) is 30.8 Å². The van der Waals surface area contributed by atoms with Gasteiger partial charge >= 0.3 is 5.97 Å². The maximum absolute atomic E-state index is 12.8. The highest BCUT2D eigenvalue weighted by molar-refractivity contribution is 7.12. The van der Waals surface area contributed by atoms with Gasteiger partial charge in [-0.15, -0.1) is 11.3 Å². The Labute approximate surface area is 137 Å². The lowest BCUT2D eigenvalue weighted by Gasteiger charge is -2.26. The van der Waals surface area contributed by atoms with Crippen LogP contribution >= 0.6 is 11.3 Å². The van der Waals surface area contributed by atoms with Crippen molar-refractivity contribution in [2.45, 2.75) is 18.9 Å². The highest BCUT2D eigenvalue weighted by Crippen LogP contribution is 2.43. The van der Waals surface area contributed by atoms with Crippen molar-refractivity contribution in [1.82, 2.24) is 9.80 Å². The molecular weight excluding hydrogens is 318 g/mol. The summed E-state index contributed by atoms with van der Waals surface area (Å²) in [6, 6.07) is 1.68. The van der Waals surface area contributed by atoms with Crippen LogP contribution in [0.4, 0.5) is 5.69 Å². The monoisotopic (exact) mass is 335 g/mol. The number of carboxylic acids is 1. The van der Waals surface area contributed by atoms with Crippen molar-refractivity contribution in [2.75, 3.05) is 31.3 Å². The molecule has 4 rings (SSSR count). The van der Waals surface area contributed by atoms with Crippen molar-refractivity contribution in [2.24, 2.45) is 0 Å². The maximum Gasteiger partial charge on any atom is 0.354 e. The van der Waals surface area contributed by atoms with E-state index < -0.39 is 5.97 Å². The second-order valence-electron chi connectivity index (χ2n) is 5.89. The Balaban J connectivity index is 1.92. The lowest BCUT2D eigenvalue weighted by Crippen LogP contribution is -2.37. The van der Waals surface area contributed by atoms with Gasteiger partial charge in [0.1, 0.15) is 10.6 Å². The SMILES string of the molecule is O=C(O)C1=C2[C@@H]3CCCN3C(=O)c3sccc3N2CN1CCO. The van der Waals surface area contributed by atoms with E-state index in [0.717, 1.165) is 18.5 Å². The molecule has 4 heterocycles. The highest BCUT2D eigenvalue weighted by Gasteiger charge is 2.46. The number of aliphatic carboxylic acids is 1. The number of carbonyl (C=O) groups is 2. The fourth-order valence-corrected chi connectivity index (χ4v) is 4.65. The molecule has 1 aromatic heterocycles. The molecule has 0 aromatic carbocycles. The number of fused-ring (bicyclic) bond motifs is 5. The van der Waals surface area contributed by atoms with Crippen molar-refractivity contribution in [3.05, 3.63) is 27.7 Å². The van der Waals surface area contributed by atoms with Crippen molar-refractivity contribution in [1.29, 1.82) is 0 Å². The van der Waals surface area contributed by atoms with Crippen LogP contribution in [0.2, 0.25) is 0 Å². The van der Waals surface area contributed by atoms with Gasteiger partial charge in [0.25, 0.3) is 5.91 Å². The quantitative estimate of drug-likeness (QED) is 0.847. The molecule has 0 radical (unpaired) electrons. The van der Waals surface area contributed by atoms with Crippen molar-refractivity contribution < 1.29 is 19.8 Å². The Morgan fingerprint density at radius 2 is 2.26 bits per heavy atom. The van der Waals surface area contributed by atoms with Gasteiger partial charge in [0.05, 0.1) is 30.7 Å². The zero-order valence-corrected chi connectivity index (χ0v) is 13.3. The van der Waals surface area contributed by atoms with Crippen LogP contribution in [-0.2, 0) is 4.79 Å². The molecule has 2 N–H and O–H groups in total. The lowest BCUT2D eigenvalue weighted by atomic mass is 10.1. The number of carboxylic acid groups (broad SMARTS) is 1. The average Bonchev–Trinajstić information content (AvgIpc) is 3.22. The third-order valence-electron chi connectivity index (χ3n) is 4.69. The molecule has 7 nitrogen and oxygen atoms in total. The van der Waals surface area contributed by atoms with Gasteiger partial charge in [-0.05, 0) is 24.3 Å². The summed E-state index contributed by atoms with van der Waals surface area (Å²) in [5.74, 6) is -1.01. The molecule has 1 amide bonds. The Morgan fingerprint density at radius 3 is 3.00 bits per heavy atom. The molecule has 23 heavy (non-hydrogen) atoms. The molecule has 0 aliphatic carbocycles. The number of aliphatic hydroxyl groups is 1. The zero-order valence-electron chi connectivity index (χ0n) is 12.4. The number of carbonyl (C=O) groups excluding carboxylic acids is 1. The molecule has 8 heteroatoms. The number of hydrogen-bond donors (Lipinski definition) is 2. The van der Waals surface area contributed by atoms with E-state index >= 15 is 0 Å². The fraction of sp³-hybridized carbons (Fsp3) is 0.467. The van der Waals surface area contributed by atoms with E-state index in [4.69, 9.17) is 0 Å². The van der Waals surface area contributed by atoms with E-state index in [9.17, 15) is 19.8 Å². The first-order chi connectivity index (χ1) is 11.1. The minimum atomic E-state index is -1.01. The summed E-state index contributed by atoms with van der Waals surface area (Å²) in [7, 11) is 0. The van der Waals surface area contributed by atoms with Gasteiger partial charge in [-0.3, -0.25) is 4.79 Å². The first-order valence-corrected chi connectivity index (χ1v) is 8.50. The average molecular weight is 335 g/mol. The van der Waals surface area contributed by atoms with Crippen LogP contribution in [0, 0.1) is 0 Å². The summed E-state index contributed by atoms with van der Waals surface area (Å²) in [6.07, 6.45) is 1.65. The van der Waals surface area contributed by atoms with E-state index in [2.05, 4.69) is 0 Å². The summed E-state index contributed by atoms with van der Waals surface area (Å²) in [5, 5.41) is 20.8. The summed E-state index contributed by atoms with van der Waals surface area (Å²) in [6.45, 7) is 1.17. The van der Waals surface area contributed by atoms with Crippen molar-refractivity contribution in [3.8, 4) is 0 Å². The van der Waals surface area contributed by atoms with Crippen molar-refractivity contribution >= 4 is 28.9 Å². The molecule has 0 unspecified atom stereocenters. The molecular formula is C15H17N3O4S. The normalized spacial score (nSPS) is 23.1. The summed E-state index contributed by atoms with van der Waals surface area (Å²) in [5.41, 5.74) is 1.68. The molecule has 0 saturated carbocycles. The minimum absolute atomic E-state index is 0.00199. The molecule has 0 spiro atoms.